The van der Waals surface area contributed by atoms with Gasteiger partial charge in [0.2, 0.25) is 0 Å². The van der Waals surface area contributed by atoms with Crippen LogP contribution in [0, 0.1) is 5.82 Å². The maximum absolute atomic E-state index is 13.5. The van der Waals surface area contributed by atoms with Crippen molar-refractivity contribution < 1.29 is 14.3 Å². The highest BCUT2D eigenvalue weighted by Gasteiger charge is 2.23. The average molecular weight is 465 g/mol. The number of amides is 1. The highest BCUT2D eigenvalue weighted by atomic mass is 19.1. The van der Waals surface area contributed by atoms with Gasteiger partial charge in [0, 0.05) is 26.2 Å². The minimum atomic E-state index is -0.383. The maximum Gasteiger partial charge on any atom is 0.255 e. The lowest BCUT2D eigenvalue weighted by atomic mass is 10.1. The van der Waals surface area contributed by atoms with Crippen LogP contribution >= 0.6 is 0 Å². The Morgan fingerprint density at radius 1 is 1.15 bits per heavy atom. The zero-order valence-electron chi connectivity index (χ0n) is 18.9. The lowest BCUT2D eigenvalue weighted by molar-refractivity contribution is 0.0951. The molecule has 34 heavy (non-hydrogen) atoms. The van der Waals surface area contributed by atoms with E-state index >= 15 is 0 Å². The van der Waals surface area contributed by atoms with Crippen molar-refractivity contribution in [1.82, 2.24) is 15.3 Å². The number of β-amino-alcohol motifs (C(OH)–C–C–N with tert-alkyl or cyclic N) is 1. The Balaban J connectivity index is 1.48. The van der Waals surface area contributed by atoms with E-state index in [0.29, 0.717) is 61.9 Å². The van der Waals surface area contributed by atoms with Crippen molar-refractivity contribution in [1.29, 1.82) is 0 Å². The van der Waals surface area contributed by atoms with Crippen LogP contribution in [0.5, 0.6) is 0 Å². The van der Waals surface area contributed by atoms with Gasteiger partial charge in [0.25, 0.3) is 5.91 Å². The summed E-state index contributed by atoms with van der Waals surface area (Å²) in [7, 11) is 0. The summed E-state index contributed by atoms with van der Waals surface area (Å²) < 4.78 is 13.5. The smallest absolute Gasteiger partial charge is 0.255 e. The summed E-state index contributed by atoms with van der Waals surface area (Å²) in [6.45, 7) is 2.27. The van der Waals surface area contributed by atoms with E-state index in [4.69, 9.17) is 5.73 Å². The van der Waals surface area contributed by atoms with Gasteiger partial charge < -0.3 is 26.4 Å². The highest BCUT2D eigenvalue weighted by Crippen LogP contribution is 2.23. The third-order valence-corrected chi connectivity index (χ3v) is 5.71. The molecule has 8 nitrogen and oxygen atoms in total. The second kappa shape index (κ2) is 11.0. The molecule has 4 rings (SSSR count). The van der Waals surface area contributed by atoms with Gasteiger partial charge >= 0.3 is 0 Å². The largest absolute Gasteiger partial charge is 0.391 e. The minimum absolute atomic E-state index is 0.259. The molecule has 1 aromatic carbocycles. The summed E-state index contributed by atoms with van der Waals surface area (Å²) in [6.07, 6.45) is 0.871. The number of nitrogens with one attached hydrogen (secondary N) is 2. The van der Waals surface area contributed by atoms with Gasteiger partial charge in [0.15, 0.2) is 0 Å². The van der Waals surface area contributed by atoms with Gasteiger partial charge in [-0.3, -0.25) is 9.78 Å². The number of aliphatic hydroxyl groups excluding tert-OH is 1. The highest BCUT2D eigenvalue weighted by molar-refractivity contribution is 5.99. The molecule has 9 heteroatoms. The first-order chi connectivity index (χ1) is 16.5. The lowest BCUT2D eigenvalue weighted by Gasteiger charge is -2.19. The molecule has 0 spiro atoms. The molecule has 1 aliphatic heterocycles. The van der Waals surface area contributed by atoms with Crippen LogP contribution in [0.4, 0.5) is 16.0 Å². The standard InChI is InChI=1S/C25H29FN6O2/c26-18-4-1-3-17(13-18)9-11-28-24-22(7-8-23(31-24)32-12-10-21(33)16-32)25(34)29-15-20-6-2-5-19(14-27)30-20/h1-8,13,21,33H,9-12,14-16,27H2,(H,28,31)(H,29,34)/t21-/m1/s1. The van der Waals surface area contributed by atoms with Gasteiger partial charge in [-0.25, -0.2) is 9.37 Å². The SMILES string of the molecule is NCc1cccc(CNC(=O)c2ccc(N3CC[C@@H](O)C3)nc2NCCc2cccc(F)c2)n1. The summed E-state index contributed by atoms with van der Waals surface area (Å²) in [5, 5.41) is 16.0. The fourth-order valence-electron chi connectivity index (χ4n) is 3.92. The number of aliphatic hydroxyl groups is 1. The van der Waals surface area contributed by atoms with Crippen molar-refractivity contribution in [3.05, 3.63) is 82.9 Å². The van der Waals surface area contributed by atoms with Crippen LogP contribution in [0.1, 0.15) is 33.7 Å². The summed E-state index contributed by atoms with van der Waals surface area (Å²) in [5.41, 5.74) is 8.37. The van der Waals surface area contributed by atoms with E-state index in [1.54, 1.807) is 18.2 Å². The molecular weight excluding hydrogens is 435 g/mol. The topological polar surface area (TPSA) is 116 Å². The number of nitrogens with zero attached hydrogens (tertiary/aromatic N) is 3. The van der Waals surface area contributed by atoms with E-state index in [1.165, 1.54) is 12.1 Å². The first-order valence-electron chi connectivity index (χ1n) is 11.4. The number of carbonyl (C=O) groups is 1. The summed E-state index contributed by atoms with van der Waals surface area (Å²) >= 11 is 0. The van der Waals surface area contributed by atoms with Gasteiger partial charge in [-0.05, 0) is 54.8 Å². The van der Waals surface area contributed by atoms with Crippen molar-refractivity contribution in [2.45, 2.75) is 32.0 Å². The molecular formula is C25H29FN6O2. The number of carbonyl (C=O) groups excluding carboxylic acids is 1. The Kier molecular flexibility index (Phi) is 7.66. The number of benzene rings is 1. The third kappa shape index (κ3) is 6.06. The number of nitrogens with two attached hydrogens (primary N) is 1. The quantitative estimate of drug-likeness (QED) is 0.384. The van der Waals surface area contributed by atoms with Gasteiger partial charge in [-0.2, -0.15) is 0 Å². The zero-order chi connectivity index (χ0) is 23.9. The van der Waals surface area contributed by atoms with Crippen molar-refractivity contribution in [3.63, 3.8) is 0 Å². The fourth-order valence-corrected chi connectivity index (χ4v) is 3.92. The van der Waals surface area contributed by atoms with Crippen molar-refractivity contribution in [2.24, 2.45) is 5.73 Å². The summed E-state index contributed by atoms with van der Waals surface area (Å²) in [6, 6.07) is 15.5. The van der Waals surface area contributed by atoms with Crippen molar-refractivity contribution >= 4 is 17.5 Å². The van der Waals surface area contributed by atoms with E-state index in [-0.39, 0.29) is 24.4 Å². The Morgan fingerprint density at radius 2 is 1.97 bits per heavy atom. The van der Waals surface area contributed by atoms with Gasteiger partial charge in [0.05, 0.1) is 29.6 Å². The van der Waals surface area contributed by atoms with Gasteiger partial charge in [0.1, 0.15) is 17.5 Å². The van der Waals surface area contributed by atoms with Crippen LogP contribution in [0.25, 0.3) is 0 Å². The Bertz CT molecular complexity index is 1140. The fraction of sp³-hybridized carbons (Fsp3) is 0.320. The van der Waals surface area contributed by atoms with E-state index in [9.17, 15) is 14.3 Å². The number of anilines is 2. The summed E-state index contributed by atoms with van der Waals surface area (Å²) in [4.78, 5) is 24.1. The Labute approximate surface area is 198 Å². The lowest BCUT2D eigenvalue weighted by Crippen LogP contribution is -2.27. The summed E-state index contributed by atoms with van der Waals surface area (Å²) in [5.74, 6) is 0.571. The van der Waals surface area contributed by atoms with Crippen LogP contribution < -0.4 is 21.3 Å². The van der Waals surface area contributed by atoms with Gasteiger partial charge in [-0.1, -0.05) is 18.2 Å². The van der Waals surface area contributed by atoms with Crippen molar-refractivity contribution in [3.8, 4) is 0 Å². The normalized spacial score (nSPS) is 15.4. The molecule has 0 unspecified atom stereocenters. The number of hydrogen-bond donors (Lipinski definition) is 4. The molecule has 1 fully saturated rings. The number of aromatic nitrogens is 2. The van der Waals surface area contributed by atoms with E-state index in [0.717, 1.165) is 11.3 Å². The molecule has 2 aromatic heterocycles. The minimum Gasteiger partial charge on any atom is -0.391 e. The van der Waals surface area contributed by atoms with Crippen molar-refractivity contribution in [2.75, 3.05) is 29.9 Å². The first-order valence-corrected chi connectivity index (χ1v) is 11.4. The molecule has 3 heterocycles. The number of hydrogen-bond acceptors (Lipinski definition) is 7. The Hall–Kier alpha value is -3.56. The molecule has 1 saturated heterocycles. The van der Waals surface area contributed by atoms with Crippen LogP contribution in [0.3, 0.4) is 0 Å². The van der Waals surface area contributed by atoms with Crippen LogP contribution in [0.2, 0.25) is 0 Å². The third-order valence-electron chi connectivity index (χ3n) is 5.71. The molecule has 0 bridgehead atoms. The monoisotopic (exact) mass is 464 g/mol. The molecule has 1 atom stereocenters. The van der Waals surface area contributed by atoms with E-state index < -0.39 is 0 Å². The molecule has 0 saturated carbocycles. The Morgan fingerprint density at radius 3 is 2.74 bits per heavy atom. The molecule has 5 N–H and O–H groups in total. The van der Waals surface area contributed by atoms with E-state index in [1.807, 2.05) is 29.2 Å². The second-order valence-corrected chi connectivity index (χ2v) is 8.27. The number of pyridine rings is 2. The maximum atomic E-state index is 13.5. The predicted octanol–water partition coefficient (Wildman–Crippen LogP) is 2.23. The van der Waals surface area contributed by atoms with E-state index in [2.05, 4.69) is 20.6 Å². The van der Waals surface area contributed by atoms with Gasteiger partial charge in [-0.15, -0.1) is 0 Å². The predicted molar refractivity (Wildman–Crippen MR) is 129 cm³/mol. The molecule has 0 aliphatic carbocycles. The molecule has 1 amide bonds. The number of rotatable bonds is 9. The molecule has 1 aliphatic rings. The average Bonchev–Trinajstić information content (AvgIpc) is 3.29. The zero-order valence-corrected chi connectivity index (χ0v) is 18.9. The van der Waals surface area contributed by atoms with Crippen LogP contribution in [-0.2, 0) is 19.5 Å². The van der Waals surface area contributed by atoms with Crippen LogP contribution in [0.15, 0.2) is 54.6 Å². The number of halogens is 1. The molecule has 178 valence electrons. The van der Waals surface area contributed by atoms with Crippen LogP contribution in [-0.4, -0.2) is 46.7 Å². The first kappa shape index (κ1) is 23.6. The molecule has 0 radical (unpaired) electrons. The second-order valence-electron chi connectivity index (χ2n) is 8.27. The molecule has 3 aromatic rings.